The fourth-order valence-electron chi connectivity index (χ4n) is 10.2. The van der Waals surface area contributed by atoms with Crippen LogP contribution in [0.15, 0.2) is 146 Å². The summed E-state index contributed by atoms with van der Waals surface area (Å²) in [5.41, 5.74) is 5.74. The van der Waals surface area contributed by atoms with Gasteiger partial charge in [0.15, 0.2) is 11.6 Å². The number of piperazine rings is 2. The third kappa shape index (κ3) is 16.1. The average molecular weight is 1180 g/mol. The van der Waals surface area contributed by atoms with Crippen LogP contribution in [-0.4, -0.2) is 124 Å². The lowest BCUT2D eigenvalue weighted by Gasteiger charge is -2.36. The molecule has 428 valence electrons. The first-order valence-corrected chi connectivity index (χ1v) is 28.8. The highest BCUT2D eigenvalue weighted by Crippen LogP contribution is 2.40. The normalized spacial score (nSPS) is 20.8. The number of rotatable bonds is 19. The van der Waals surface area contributed by atoms with Crippen molar-refractivity contribution in [1.82, 2.24) is 9.80 Å². The molecule has 81 heavy (non-hydrogen) atoms. The zero-order valence-electron chi connectivity index (χ0n) is 45.6. The molecular formula is C63H68Cl4N4O10. The fraction of sp³-hybridized carbons (Fsp3) is 0.365. The summed E-state index contributed by atoms with van der Waals surface area (Å²) in [5, 5.41) is 11.7. The van der Waals surface area contributed by atoms with Gasteiger partial charge in [0.2, 0.25) is 11.8 Å². The zero-order chi connectivity index (χ0) is 56.9. The summed E-state index contributed by atoms with van der Waals surface area (Å²) in [4.78, 5) is 34.0. The van der Waals surface area contributed by atoms with E-state index in [9.17, 15) is 14.7 Å². The Morgan fingerprint density at radius 3 is 1.44 bits per heavy atom. The van der Waals surface area contributed by atoms with E-state index in [4.69, 9.17) is 79.6 Å². The first-order valence-electron chi connectivity index (χ1n) is 27.3. The van der Waals surface area contributed by atoms with E-state index < -0.39 is 11.6 Å². The van der Waals surface area contributed by atoms with Crippen LogP contribution in [0.3, 0.4) is 0 Å². The summed E-state index contributed by atoms with van der Waals surface area (Å²) < 4.78 is 41.8. The molecule has 6 aromatic carbocycles. The molecule has 0 radical (unpaired) electrons. The molecule has 2 amide bonds. The monoisotopic (exact) mass is 1180 g/mol. The Balaban J connectivity index is 0.000000196. The molecule has 4 heterocycles. The van der Waals surface area contributed by atoms with Crippen LogP contribution in [0.25, 0.3) is 0 Å². The molecule has 4 aliphatic heterocycles. The van der Waals surface area contributed by atoms with Crippen LogP contribution in [0.5, 0.6) is 23.0 Å². The topological polar surface area (TPSA) is 132 Å². The minimum absolute atomic E-state index is 0.147. The first-order chi connectivity index (χ1) is 39.1. The number of phenolic OH excluding ortho intramolecular Hbond substituents is 1. The molecule has 18 heteroatoms. The summed E-state index contributed by atoms with van der Waals surface area (Å²) in [5.74, 6) is 0.968. The second-order valence-electron chi connectivity index (χ2n) is 20.5. The number of hydrogen-bond acceptors (Lipinski definition) is 12. The predicted octanol–water partition coefficient (Wildman–Crippen LogP) is 12.2. The molecule has 10 rings (SSSR count). The lowest BCUT2D eigenvalue weighted by Crippen LogP contribution is -2.48. The van der Waals surface area contributed by atoms with Crippen molar-refractivity contribution in [3.8, 4) is 23.0 Å². The number of nitrogens with zero attached hydrogens (tertiary/aromatic N) is 4. The Bertz CT molecular complexity index is 3080. The molecular weight excluding hydrogens is 1110 g/mol. The van der Waals surface area contributed by atoms with Crippen molar-refractivity contribution >= 4 is 69.6 Å². The molecule has 6 aromatic rings. The molecule has 0 saturated carbocycles. The van der Waals surface area contributed by atoms with E-state index in [1.807, 2.05) is 103 Å². The summed E-state index contributed by atoms with van der Waals surface area (Å²) in [6, 6.07) is 41.5. The molecule has 4 aliphatic rings. The Morgan fingerprint density at radius 1 is 0.568 bits per heavy atom. The summed E-state index contributed by atoms with van der Waals surface area (Å²) in [7, 11) is 0. The molecule has 4 saturated heterocycles. The van der Waals surface area contributed by atoms with Gasteiger partial charge in [0.05, 0.1) is 23.3 Å². The Hall–Kier alpha value is -6.20. The summed E-state index contributed by atoms with van der Waals surface area (Å²) >= 11 is 24.8. The Kier molecular flexibility index (Phi) is 20.3. The lowest BCUT2D eigenvalue weighted by atomic mass is 10.1. The number of carbonyl (C=O) groups excluding carboxylic acids is 2. The van der Waals surface area contributed by atoms with Gasteiger partial charge < -0.3 is 57.9 Å². The Labute approximate surface area is 494 Å². The van der Waals surface area contributed by atoms with Gasteiger partial charge in [-0.05, 0) is 135 Å². The van der Waals surface area contributed by atoms with Gasteiger partial charge in [0.1, 0.15) is 55.0 Å². The van der Waals surface area contributed by atoms with E-state index in [0.717, 1.165) is 77.1 Å². The van der Waals surface area contributed by atoms with Gasteiger partial charge in [-0.3, -0.25) is 9.59 Å². The third-order valence-corrected chi connectivity index (χ3v) is 15.8. The number of amides is 2. The van der Waals surface area contributed by atoms with Crippen LogP contribution < -0.4 is 24.0 Å². The number of hydrogen-bond donors (Lipinski definition) is 1. The standard InChI is InChI=1S/C33H36Cl2N2O5.C30H32Cl2N2O5/c1-3-19-39-28-6-4-5-24(20-28)7-14-32(38)37-17-15-36(16-18-37)26-9-11-27(12-10-26)40-22-29-23-41-33(2,42-29)30-13-8-25(34)21-31(30)35;1-30(27-11-6-22(31)18-28(27)32)38-20-26(39-30)19-37-25-9-7-23(8-10-25)33-13-15-34(16-14-33)29(36)12-5-21-3-2-4-24(35)17-21/h3-6,8-13,20-21,29H,1,7,14-19,22-23H2,2H3;2-4,6-11,17-18,26,35H,5,12-16,19-20H2,1H3/t29-,33+;26-,30+/m11/s1. The summed E-state index contributed by atoms with van der Waals surface area (Å²) in [6.45, 7) is 15.2. The minimum atomic E-state index is -0.951. The number of carbonyl (C=O) groups is 2. The van der Waals surface area contributed by atoms with Crippen molar-refractivity contribution in [2.24, 2.45) is 0 Å². The molecule has 14 nitrogen and oxygen atoms in total. The number of anilines is 2. The van der Waals surface area contributed by atoms with Crippen molar-refractivity contribution in [2.45, 2.75) is 63.3 Å². The maximum atomic E-state index is 12.9. The van der Waals surface area contributed by atoms with Crippen molar-refractivity contribution in [2.75, 3.05) is 95.2 Å². The highest BCUT2D eigenvalue weighted by atomic mass is 35.5. The van der Waals surface area contributed by atoms with Crippen molar-refractivity contribution in [3.05, 3.63) is 188 Å². The van der Waals surface area contributed by atoms with Gasteiger partial charge in [0, 0.05) is 97.7 Å². The highest BCUT2D eigenvalue weighted by molar-refractivity contribution is 6.35. The van der Waals surface area contributed by atoms with Crippen molar-refractivity contribution < 1.29 is 47.9 Å². The molecule has 0 unspecified atom stereocenters. The summed E-state index contributed by atoms with van der Waals surface area (Å²) in [6.07, 6.45) is 3.49. The van der Waals surface area contributed by atoms with Crippen molar-refractivity contribution in [3.63, 3.8) is 0 Å². The fourth-order valence-corrected chi connectivity index (χ4v) is 11.4. The highest BCUT2D eigenvalue weighted by Gasteiger charge is 2.42. The van der Waals surface area contributed by atoms with Crippen LogP contribution in [0.1, 0.15) is 48.9 Å². The van der Waals surface area contributed by atoms with E-state index in [1.54, 1.807) is 48.5 Å². The molecule has 1 N–H and O–H groups in total. The maximum absolute atomic E-state index is 12.9. The van der Waals surface area contributed by atoms with Gasteiger partial charge in [0.25, 0.3) is 0 Å². The SMILES string of the molecule is C=CCOc1cccc(CCC(=O)N2CCN(c3ccc(OC[C@@H]4CO[C@](C)(c5ccc(Cl)cc5Cl)O4)cc3)CC2)c1.C[C@]1(c2ccc(Cl)cc2Cl)OC[C@@H](COc2ccc(N3CCN(C(=O)CCc4cccc(O)c4)CC3)cc2)O1. The van der Waals surface area contributed by atoms with Gasteiger partial charge in [-0.2, -0.15) is 0 Å². The quantitative estimate of drug-likeness (QED) is 0.0775. The van der Waals surface area contributed by atoms with Gasteiger partial charge in [-0.1, -0.05) is 95.5 Å². The van der Waals surface area contributed by atoms with Crippen LogP contribution in [0, 0.1) is 0 Å². The van der Waals surface area contributed by atoms with E-state index in [2.05, 4.69) is 28.5 Å². The smallest absolute Gasteiger partial charge is 0.223 e. The molecule has 0 bridgehead atoms. The number of aromatic hydroxyl groups is 1. The molecule has 0 spiro atoms. The number of ether oxygens (including phenoxy) is 7. The van der Waals surface area contributed by atoms with Crippen LogP contribution >= 0.6 is 46.4 Å². The van der Waals surface area contributed by atoms with Gasteiger partial charge >= 0.3 is 0 Å². The number of phenols is 1. The molecule has 0 aliphatic carbocycles. The minimum Gasteiger partial charge on any atom is -0.508 e. The third-order valence-electron chi connectivity index (χ3n) is 14.7. The van der Waals surface area contributed by atoms with E-state index >= 15 is 0 Å². The number of halogens is 4. The zero-order valence-corrected chi connectivity index (χ0v) is 48.6. The largest absolute Gasteiger partial charge is 0.508 e. The number of benzene rings is 6. The van der Waals surface area contributed by atoms with Crippen molar-refractivity contribution in [1.29, 1.82) is 0 Å². The molecule has 4 fully saturated rings. The van der Waals surface area contributed by atoms with E-state index in [0.29, 0.717) is 105 Å². The lowest BCUT2D eigenvalue weighted by molar-refractivity contribution is -0.164. The van der Waals surface area contributed by atoms with Crippen LogP contribution in [0.2, 0.25) is 20.1 Å². The average Bonchev–Trinajstić information content (AvgIpc) is 4.31. The molecule has 0 aromatic heterocycles. The maximum Gasteiger partial charge on any atom is 0.223 e. The van der Waals surface area contributed by atoms with Crippen LogP contribution in [-0.2, 0) is 53.0 Å². The van der Waals surface area contributed by atoms with Gasteiger partial charge in [-0.15, -0.1) is 0 Å². The second-order valence-corrected chi connectivity index (χ2v) is 22.2. The predicted molar refractivity (Wildman–Crippen MR) is 318 cm³/mol. The van der Waals surface area contributed by atoms with E-state index in [-0.39, 0.29) is 29.8 Å². The number of aryl methyl sites for hydroxylation is 2. The van der Waals surface area contributed by atoms with E-state index in [1.165, 1.54) is 0 Å². The van der Waals surface area contributed by atoms with Crippen LogP contribution in [0.4, 0.5) is 11.4 Å². The molecule has 4 atom stereocenters. The second kappa shape index (κ2) is 27.7. The Morgan fingerprint density at radius 2 is 1.01 bits per heavy atom. The first kappa shape index (κ1) is 59.4. The van der Waals surface area contributed by atoms with Gasteiger partial charge in [-0.25, -0.2) is 0 Å².